The summed E-state index contributed by atoms with van der Waals surface area (Å²) in [6.45, 7) is 2.15. The van der Waals surface area contributed by atoms with Crippen LogP contribution in [0, 0.1) is 5.92 Å². The third-order valence-electron chi connectivity index (χ3n) is 2.01. The molecular formula is C10H14N2O2. The van der Waals surface area contributed by atoms with Crippen molar-refractivity contribution in [3.05, 3.63) is 24.4 Å². The van der Waals surface area contributed by atoms with Crippen molar-refractivity contribution in [3.8, 4) is 0 Å². The van der Waals surface area contributed by atoms with Gasteiger partial charge in [-0.25, -0.2) is 4.98 Å². The number of hydrogen-bond donors (Lipinski definition) is 1. The average Bonchev–Trinajstić information content (AvgIpc) is 2.19. The SMILES string of the molecule is CC(CN(C)c1ccccn1)C(=O)O. The molecule has 0 bridgehead atoms. The zero-order chi connectivity index (χ0) is 10.6. The molecule has 14 heavy (non-hydrogen) atoms. The van der Waals surface area contributed by atoms with Crippen LogP contribution < -0.4 is 4.90 Å². The highest BCUT2D eigenvalue weighted by molar-refractivity contribution is 5.70. The Morgan fingerprint density at radius 2 is 2.36 bits per heavy atom. The molecule has 1 unspecified atom stereocenters. The van der Waals surface area contributed by atoms with E-state index in [0.29, 0.717) is 6.54 Å². The van der Waals surface area contributed by atoms with E-state index in [1.54, 1.807) is 13.1 Å². The van der Waals surface area contributed by atoms with Gasteiger partial charge in [0.05, 0.1) is 5.92 Å². The molecule has 1 aromatic rings. The largest absolute Gasteiger partial charge is 0.481 e. The molecule has 0 aromatic carbocycles. The summed E-state index contributed by atoms with van der Waals surface area (Å²) in [5.74, 6) is -0.379. The van der Waals surface area contributed by atoms with Crippen molar-refractivity contribution < 1.29 is 9.90 Å². The number of aliphatic carboxylic acids is 1. The third kappa shape index (κ3) is 2.73. The van der Waals surface area contributed by atoms with E-state index in [-0.39, 0.29) is 5.92 Å². The minimum Gasteiger partial charge on any atom is -0.481 e. The van der Waals surface area contributed by atoms with Crippen molar-refractivity contribution >= 4 is 11.8 Å². The van der Waals surface area contributed by atoms with Crippen LogP contribution in [0.3, 0.4) is 0 Å². The quantitative estimate of drug-likeness (QED) is 0.783. The van der Waals surface area contributed by atoms with E-state index in [1.165, 1.54) is 0 Å². The lowest BCUT2D eigenvalue weighted by molar-refractivity contribution is -0.140. The van der Waals surface area contributed by atoms with Gasteiger partial charge in [-0.15, -0.1) is 0 Å². The number of carbonyl (C=O) groups is 1. The Kier molecular flexibility index (Phi) is 3.45. The van der Waals surface area contributed by atoms with E-state index in [9.17, 15) is 4.79 Å². The van der Waals surface area contributed by atoms with Gasteiger partial charge in [0.1, 0.15) is 5.82 Å². The van der Waals surface area contributed by atoms with Gasteiger partial charge in [0.2, 0.25) is 0 Å². The molecule has 4 nitrogen and oxygen atoms in total. The minimum absolute atomic E-state index is 0.387. The van der Waals surface area contributed by atoms with Gasteiger partial charge >= 0.3 is 5.97 Å². The van der Waals surface area contributed by atoms with E-state index >= 15 is 0 Å². The van der Waals surface area contributed by atoms with Crippen LogP contribution in [-0.4, -0.2) is 29.7 Å². The molecule has 0 aliphatic rings. The van der Waals surface area contributed by atoms with Gasteiger partial charge in [0.25, 0.3) is 0 Å². The summed E-state index contributed by atoms with van der Waals surface area (Å²) in [4.78, 5) is 16.6. The van der Waals surface area contributed by atoms with Crippen molar-refractivity contribution in [1.82, 2.24) is 4.98 Å². The molecule has 0 aliphatic carbocycles. The molecule has 1 rings (SSSR count). The predicted molar refractivity (Wildman–Crippen MR) is 54.3 cm³/mol. The molecule has 0 radical (unpaired) electrons. The molecule has 4 heteroatoms. The van der Waals surface area contributed by atoms with E-state index in [1.807, 2.05) is 30.1 Å². The molecule has 0 fully saturated rings. The lowest BCUT2D eigenvalue weighted by Gasteiger charge is -2.19. The highest BCUT2D eigenvalue weighted by Crippen LogP contribution is 2.09. The van der Waals surface area contributed by atoms with Gasteiger partial charge < -0.3 is 10.0 Å². The highest BCUT2D eigenvalue weighted by Gasteiger charge is 2.13. The van der Waals surface area contributed by atoms with Crippen molar-refractivity contribution in [1.29, 1.82) is 0 Å². The van der Waals surface area contributed by atoms with Gasteiger partial charge in [-0.1, -0.05) is 13.0 Å². The van der Waals surface area contributed by atoms with Crippen LogP contribution in [0.2, 0.25) is 0 Å². The first-order chi connectivity index (χ1) is 6.61. The Morgan fingerprint density at radius 1 is 1.64 bits per heavy atom. The molecule has 1 heterocycles. The molecular weight excluding hydrogens is 180 g/mol. The smallest absolute Gasteiger partial charge is 0.308 e. The summed E-state index contributed by atoms with van der Waals surface area (Å²) < 4.78 is 0. The molecule has 1 atom stereocenters. The number of pyridine rings is 1. The van der Waals surface area contributed by atoms with Crippen LogP contribution >= 0.6 is 0 Å². The van der Waals surface area contributed by atoms with Crippen molar-refractivity contribution in [3.63, 3.8) is 0 Å². The Morgan fingerprint density at radius 3 is 2.86 bits per heavy atom. The second-order valence-corrected chi connectivity index (χ2v) is 3.31. The molecule has 1 aromatic heterocycles. The monoisotopic (exact) mass is 194 g/mol. The number of hydrogen-bond acceptors (Lipinski definition) is 3. The summed E-state index contributed by atoms with van der Waals surface area (Å²) in [6.07, 6.45) is 1.69. The van der Waals surface area contributed by atoms with Crippen LogP contribution in [0.5, 0.6) is 0 Å². The molecule has 1 N–H and O–H groups in total. The Balaban J connectivity index is 2.59. The standard InChI is InChI=1S/C10H14N2O2/c1-8(10(13)14)7-12(2)9-5-3-4-6-11-9/h3-6,8H,7H2,1-2H3,(H,13,14). The van der Waals surface area contributed by atoms with E-state index in [2.05, 4.69) is 4.98 Å². The molecule has 0 spiro atoms. The van der Waals surface area contributed by atoms with Crippen LogP contribution in [-0.2, 0) is 4.79 Å². The molecule has 0 amide bonds. The fourth-order valence-electron chi connectivity index (χ4n) is 1.16. The summed E-state index contributed by atoms with van der Waals surface area (Å²) in [5, 5.41) is 8.73. The van der Waals surface area contributed by atoms with E-state index in [4.69, 9.17) is 5.11 Å². The van der Waals surface area contributed by atoms with Gasteiger partial charge in [-0.05, 0) is 12.1 Å². The first-order valence-corrected chi connectivity index (χ1v) is 4.46. The fraction of sp³-hybridized carbons (Fsp3) is 0.400. The van der Waals surface area contributed by atoms with Gasteiger partial charge in [0, 0.05) is 19.8 Å². The zero-order valence-corrected chi connectivity index (χ0v) is 8.34. The maximum absolute atomic E-state index is 10.6. The van der Waals surface area contributed by atoms with Gasteiger partial charge in [0.15, 0.2) is 0 Å². The summed E-state index contributed by atoms with van der Waals surface area (Å²) in [7, 11) is 1.84. The van der Waals surface area contributed by atoms with Crippen molar-refractivity contribution in [2.24, 2.45) is 5.92 Å². The number of carboxylic acids is 1. The van der Waals surface area contributed by atoms with Gasteiger partial charge in [-0.3, -0.25) is 4.79 Å². The third-order valence-corrected chi connectivity index (χ3v) is 2.01. The van der Waals surface area contributed by atoms with Gasteiger partial charge in [-0.2, -0.15) is 0 Å². The fourth-order valence-corrected chi connectivity index (χ4v) is 1.16. The minimum atomic E-state index is -0.784. The average molecular weight is 194 g/mol. The van der Waals surface area contributed by atoms with Crippen LogP contribution in [0.4, 0.5) is 5.82 Å². The van der Waals surface area contributed by atoms with Crippen LogP contribution in [0.1, 0.15) is 6.92 Å². The number of rotatable bonds is 4. The summed E-state index contributed by atoms with van der Waals surface area (Å²) in [6, 6.07) is 5.57. The van der Waals surface area contributed by atoms with E-state index in [0.717, 1.165) is 5.82 Å². The zero-order valence-electron chi connectivity index (χ0n) is 8.34. The highest BCUT2D eigenvalue weighted by atomic mass is 16.4. The van der Waals surface area contributed by atoms with E-state index < -0.39 is 5.97 Å². The lowest BCUT2D eigenvalue weighted by Crippen LogP contribution is -2.28. The molecule has 0 aliphatic heterocycles. The number of carboxylic acid groups (broad SMARTS) is 1. The summed E-state index contributed by atoms with van der Waals surface area (Å²) >= 11 is 0. The van der Waals surface area contributed by atoms with Crippen LogP contribution in [0.15, 0.2) is 24.4 Å². The Labute approximate surface area is 83.2 Å². The molecule has 0 saturated carbocycles. The maximum atomic E-state index is 10.6. The summed E-state index contributed by atoms with van der Waals surface area (Å²) in [5.41, 5.74) is 0. The Bertz CT molecular complexity index is 300. The van der Waals surface area contributed by atoms with Crippen LogP contribution in [0.25, 0.3) is 0 Å². The van der Waals surface area contributed by atoms with Crippen molar-refractivity contribution in [2.75, 3.05) is 18.5 Å². The van der Waals surface area contributed by atoms with Crippen molar-refractivity contribution in [2.45, 2.75) is 6.92 Å². The first kappa shape index (κ1) is 10.5. The number of nitrogens with zero attached hydrogens (tertiary/aromatic N) is 2. The molecule has 0 saturated heterocycles. The lowest BCUT2D eigenvalue weighted by atomic mass is 10.2. The second-order valence-electron chi connectivity index (χ2n) is 3.31. The predicted octanol–water partition coefficient (Wildman–Crippen LogP) is 1.24. The normalized spacial score (nSPS) is 12.1. The number of anilines is 1. The molecule has 76 valence electrons. The first-order valence-electron chi connectivity index (χ1n) is 4.46. The Hall–Kier alpha value is -1.58. The topological polar surface area (TPSA) is 53.4 Å². The second kappa shape index (κ2) is 4.60. The maximum Gasteiger partial charge on any atom is 0.308 e. The number of aromatic nitrogens is 1.